The summed E-state index contributed by atoms with van der Waals surface area (Å²) in [5, 5.41) is 0. The molecule has 0 radical (unpaired) electrons. The number of piperidine rings is 1. The number of halogens is 1. The molecular formula is C24H29FN4O. The Hall–Kier alpha value is -3.02. The van der Waals surface area contributed by atoms with Gasteiger partial charge in [-0.15, -0.1) is 0 Å². The summed E-state index contributed by atoms with van der Waals surface area (Å²) in [4.78, 5) is 23.8. The van der Waals surface area contributed by atoms with Gasteiger partial charge < -0.3 is 9.80 Å². The number of hydrogen-bond acceptors (Lipinski definition) is 4. The van der Waals surface area contributed by atoms with Crippen molar-refractivity contribution in [3.63, 3.8) is 0 Å². The number of aromatic nitrogens is 1. The van der Waals surface area contributed by atoms with Crippen LogP contribution in [0.2, 0.25) is 0 Å². The minimum Gasteiger partial charge on any atom is -0.370 e. The van der Waals surface area contributed by atoms with Gasteiger partial charge in [0.1, 0.15) is 23.8 Å². The first-order valence-electron chi connectivity index (χ1n) is 10.3. The molecule has 0 bridgehead atoms. The van der Waals surface area contributed by atoms with Crippen LogP contribution in [0.25, 0.3) is 0 Å². The number of amidine groups is 1. The number of allylic oxidation sites excluding steroid dienone is 2. The number of hydrogen-bond donors (Lipinski definition) is 0. The lowest BCUT2D eigenvalue weighted by molar-refractivity contribution is -0.104. The molecule has 0 amide bonds. The van der Waals surface area contributed by atoms with Gasteiger partial charge in [-0.2, -0.15) is 0 Å². The third-order valence-corrected chi connectivity index (χ3v) is 5.60. The molecule has 0 N–H and O–H groups in total. The molecular weight excluding hydrogens is 379 g/mol. The number of carbonyl (C=O) groups is 1. The number of rotatable bonds is 6. The van der Waals surface area contributed by atoms with Gasteiger partial charge in [0.15, 0.2) is 0 Å². The zero-order chi connectivity index (χ0) is 21.5. The molecule has 3 rings (SSSR count). The number of aliphatic imine (C=N–C) groups is 1. The Kier molecular flexibility index (Phi) is 7.33. The summed E-state index contributed by atoms with van der Waals surface area (Å²) < 4.78 is 13.4. The lowest BCUT2D eigenvalue weighted by atomic mass is 9.90. The van der Waals surface area contributed by atoms with Crippen molar-refractivity contribution >= 4 is 23.6 Å². The van der Waals surface area contributed by atoms with E-state index in [1.165, 1.54) is 12.1 Å². The van der Waals surface area contributed by atoms with Crippen LogP contribution in [0.4, 0.5) is 15.9 Å². The Morgan fingerprint density at radius 1 is 1.27 bits per heavy atom. The molecule has 1 aliphatic heterocycles. The molecule has 1 aromatic carbocycles. The number of aldehydes is 1. The molecule has 1 fully saturated rings. The predicted octanol–water partition coefficient (Wildman–Crippen LogP) is 4.64. The summed E-state index contributed by atoms with van der Waals surface area (Å²) in [6.07, 6.45) is 7.19. The SMILES string of the molecule is CC(=C/C=O)/N=C(/C)N(C)c1ccc(N2CCC(Cc3cccc(F)c3)CC2)cn1. The van der Waals surface area contributed by atoms with Crippen LogP contribution in [0.5, 0.6) is 0 Å². The predicted molar refractivity (Wildman–Crippen MR) is 121 cm³/mol. The van der Waals surface area contributed by atoms with Crippen molar-refractivity contribution in [3.05, 3.63) is 65.7 Å². The summed E-state index contributed by atoms with van der Waals surface area (Å²) in [5.74, 6) is 2.00. The van der Waals surface area contributed by atoms with Gasteiger partial charge in [-0.3, -0.25) is 4.79 Å². The van der Waals surface area contributed by atoms with Crippen LogP contribution in [0, 0.1) is 11.7 Å². The monoisotopic (exact) mass is 408 g/mol. The number of anilines is 2. The molecule has 5 nitrogen and oxygen atoms in total. The molecule has 0 spiro atoms. The Balaban J connectivity index is 1.57. The van der Waals surface area contributed by atoms with Crippen LogP contribution in [-0.2, 0) is 11.2 Å². The molecule has 158 valence electrons. The molecule has 30 heavy (non-hydrogen) atoms. The summed E-state index contributed by atoms with van der Waals surface area (Å²) in [6.45, 7) is 5.64. The van der Waals surface area contributed by atoms with Crippen LogP contribution < -0.4 is 9.80 Å². The summed E-state index contributed by atoms with van der Waals surface area (Å²) in [6, 6.07) is 11.0. The van der Waals surface area contributed by atoms with E-state index in [9.17, 15) is 9.18 Å². The fourth-order valence-electron chi connectivity index (χ4n) is 3.79. The normalized spacial score (nSPS) is 15.9. The third-order valence-electron chi connectivity index (χ3n) is 5.60. The summed E-state index contributed by atoms with van der Waals surface area (Å²) in [7, 11) is 1.91. The second-order valence-electron chi connectivity index (χ2n) is 7.80. The molecule has 2 aromatic rings. The van der Waals surface area contributed by atoms with Crippen molar-refractivity contribution in [2.45, 2.75) is 33.1 Å². The van der Waals surface area contributed by atoms with E-state index in [1.54, 1.807) is 19.1 Å². The Bertz CT molecular complexity index is 915. The van der Waals surface area contributed by atoms with E-state index in [0.29, 0.717) is 11.6 Å². The molecule has 6 heteroatoms. The minimum atomic E-state index is -0.156. The van der Waals surface area contributed by atoms with Crippen LogP contribution in [0.15, 0.2) is 59.4 Å². The fourth-order valence-corrected chi connectivity index (χ4v) is 3.79. The molecule has 0 atom stereocenters. The zero-order valence-electron chi connectivity index (χ0n) is 17.9. The highest BCUT2D eigenvalue weighted by Crippen LogP contribution is 2.26. The molecule has 1 saturated heterocycles. The maximum atomic E-state index is 13.4. The van der Waals surface area contributed by atoms with Crippen LogP contribution >= 0.6 is 0 Å². The van der Waals surface area contributed by atoms with E-state index in [0.717, 1.165) is 61.5 Å². The smallest absolute Gasteiger partial charge is 0.144 e. The van der Waals surface area contributed by atoms with Gasteiger partial charge in [0.25, 0.3) is 0 Å². The topological polar surface area (TPSA) is 48.8 Å². The lowest BCUT2D eigenvalue weighted by Gasteiger charge is -2.33. The maximum Gasteiger partial charge on any atom is 0.144 e. The molecule has 0 unspecified atom stereocenters. The van der Waals surface area contributed by atoms with Crippen LogP contribution in [0.3, 0.4) is 0 Å². The average molecular weight is 409 g/mol. The van der Waals surface area contributed by atoms with Crippen molar-refractivity contribution in [3.8, 4) is 0 Å². The van der Waals surface area contributed by atoms with Crippen molar-refractivity contribution in [2.24, 2.45) is 10.9 Å². The fraction of sp³-hybridized carbons (Fsp3) is 0.375. The Labute approximate surface area is 177 Å². The molecule has 2 heterocycles. The van der Waals surface area contributed by atoms with Gasteiger partial charge in [-0.25, -0.2) is 14.4 Å². The number of nitrogens with zero attached hydrogens (tertiary/aromatic N) is 4. The van der Waals surface area contributed by atoms with E-state index in [4.69, 9.17) is 0 Å². The Morgan fingerprint density at radius 3 is 2.67 bits per heavy atom. The van der Waals surface area contributed by atoms with E-state index in [1.807, 2.05) is 37.2 Å². The molecule has 0 aliphatic carbocycles. The van der Waals surface area contributed by atoms with Gasteiger partial charge in [-0.05, 0) is 74.9 Å². The van der Waals surface area contributed by atoms with Crippen molar-refractivity contribution in [1.82, 2.24) is 4.98 Å². The standard InChI is InChI=1S/C24H29FN4O/c1-18(11-14-30)27-19(2)28(3)24-8-7-23(17-26-24)29-12-9-20(10-13-29)15-21-5-4-6-22(25)16-21/h4-8,11,14,16-17,20H,9-10,12-13,15H2,1-3H3/b18-11-,27-19-. The van der Waals surface area contributed by atoms with Gasteiger partial charge in [0.05, 0.1) is 11.9 Å². The van der Waals surface area contributed by atoms with Crippen LogP contribution in [-0.4, -0.2) is 37.2 Å². The lowest BCUT2D eigenvalue weighted by Crippen LogP contribution is -2.34. The van der Waals surface area contributed by atoms with Gasteiger partial charge in [-0.1, -0.05) is 12.1 Å². The van der Waals surface area contributed by atoms with Gasteiger partial charge >= 0.3 is 0 Å². The number of benzene rings is 1. The largest absolute Gasteiger partial charge is 0.370 e. The number of pyridine rings is 1. The highest BCUT2D eigenvalue weighted by molar-refractivity contribution is 5.95. The van der Waals surface area contributed by atoms with Gasteiger partial charge in [0, 0.05) is 25.8 Å². The van der Waals surface area contributed by atoms with E-state index in [-0.39, 0.29) is 5.82 Å². The molecule has 0 saturated carbocycles. The number of carbonyl (C=O) groups excluding carboxylic acids is 1. The average Bonchev–Trinajstić information content (AvgIpc) is 2.74. The quantitative estimate of drug-likeness (QED) is 0.302. The van der Waals surface area contributed by atoms with E-state index < -0.39 is 0 Å². The first kappa shape index (κ1) is 21.7. The van der Waals surface area contributed by atoms with Crippen molar-refractivity contribution in [2.75, 3.05) is 29.9 Å². The second kappa shape index (κ2) is 10.1. The molecule has 1 aromatic heterocycles. The molecule has 1 aliphatic rings. The van der Waals surface area contributed by atoms with Crippen LogP contribution in [0.1, 0.15) is 32.3 Å². The summed E-state index contributed by atoms with van der Waals surface area (Å²) >= 11 is 0. The highest BCUT2D eigenvalue weighted by atomic mass is 19.1. The van der Waals surface area contributed by atoms with Gasteiger partial charge in [0.2, 0.25) is 0 Å². The maximum absolute atomic E-state index is 13.4. The highest BCUT2D eigenvalue weighted by Gasteiger charge is 2.20. The minimum absolute atomic E-state index is 0.156. The third kappa shape index (κ3) is 5.75. The summed E-state index contributed by atoms with van der Waals surface area (Å²) in [5.41, 5.74) is 2.85. The first-order valence-corrected chi connectivity index (χ1v) is 10.3. The second-order valence-corrected chi connectivity index (χ2v) is 7.80. The Morgan fingerprint density at radius 2 is 2.03 bits per heavy atom. The van der Waals surface area contributed by atoms with Crippen molar-refractivity contribution < 1.29 is 9.18 Å². The zero-order valence-corrected chi connectivity index (χ0v) is 17.9. The van der Waals surface area contributed by atoms with Crippen molar-refractivity contribution in [1.29, 1.82) is 0 Å². The van der Waals surface area contributed by atoms with E-state index in [2.05, 4.69) is 20.9 Å². The first-order chi connectivity index (χ1) is 14.5. The van der Waals surface area contributed by atoms with E-state index >= 15 is 0 Å².